The van der Waals surface area contributed by atoms with E-state index in [9.17, 15) is 0 Å². The Bertz CT molecular complexity index is 1270. The van der Waals surface area contributed by atoms with Crippen molar-refractivity contribution in [3.8, 4) is 28.5 Å². The van der Waals surface area contributed by atoms with Crippen molar-refractivity contribution in [2.75, 3.05) is 11.9 Å². The lowest BCUT2D eigenvalue weighted by Gasteiger charge is -2.19. The molecule has 4 aromatic rings. The van der Waals surface area contributed by atoms with Crippen LogP contribution in [0, 0.1) is 18.3 Å². The predicted octanol–water partition coefficient (Wildman–Crippen LogP) is 4.44. The summed E-state index contributed by atoms with van der Waals surface area (Å²) in [5.74, 6) is 0.704. The van der Waals surface area contributed by atoms with Crippen molar-refractivity contribution in [1.82, 2.24) is 19.6 Å². The highest BCUT2D eigenvalue weighted by atomic mass is 35.5. The van der Waals surface area contributed by atoms with Crippen LogP contribution in [-0.4, -0.2) is 31.7 Å². The molecule has 8 heteroatoms. The summed E-state index contributed by atoms with van der Waals surface area (Å²) >= 11 is 6.27. The number of anilines is 1. The first kappa shape index (κ1) is 20.8. The van der Waals surface area contributed by atoms with Gasteiger partial charge in [-0.05, 0) is 56.7 Å². The highest BCUT2D eigenvalue weighted by Crippen LogP contribution is 2.36. The first-order valence-electron chi connectivity index (χ1n) is 9.81. The quantitative estimate of drug-likeness (QED) is 0.452. The summed E-state index contributed by atoms with van der Waals surface area (Å²) in [6.07, 6.45) is 1.86. The minimum absolute atomic E-state index is 0.375. The molecule has 0 saturated carbocycles. The van der Waals surface area contributed by atoms with E-state index < -0.39 is 0 Å². The molecular weight excluding hydrogens is 410 g/mol. The Morgan fingerprint density at radius 1 is 1.13 bits per heavy atom. The van der Waals surface area contributed by atoms with Gasteiger partial charge in [-0.1, -0.05) is 23.7 Å². The van der Waals surface area contributed by atoms with Crippen molar-refractivity contribution >= 4 is 23.1 Å². The van der Waals surface area contributed by atoms with Gasteiger partial charge in [0.2, 0.25) is 0 Å². The van der Waals surface area contributed by atoms with Crippen LogP contribution in [-0.2, 0) is 0 Å². The number of halogens is 1. The Hall–Kier alpha value is -3.47. The lowest BCUT2D eigenvalue weighted by Crippen LogP contribution is -2.39. The first-order valence-corrected chi connectivity index (χ1v) is 10.2. The monoisotopic (exact) mass is 431 g/mol. The van der Waals surface area contributed by atoms with Crippen LogP contribution in [0.2, 0.25) is 5.15 Å². The number of rotatable bonds is 5. The molecule has 0 unspecified atom stereocenters. The maximum absolute atomic E-state index is 9.13. The first-order chi connectivity index (χ1) is 14.7. The third-order valence-corrected chi connectivity index (χ3v) is 4.90. The average Bonchev–Trinajstić information content (AvgIpc) is 3.10. The Morgan fingerprint density at radius 2 is 1.87 bits per heavy atom. The molecule has 0 amide bonds. The lowest BCUT2D eigenvalue weighted by molar-refractivity contribution is 0.548. The Kier molecular flexibility index (Phi) is 5.36. The fraction of sp³-hybridized carbons (Fsp3) is 0.217. The van der Waals surface area contributed by atoms with Crippen molar-refractivity contribution in [2.24, 2.45) is 5.73 Å². The molecule has 156 valence electrons. The maximum atomic E-state index is 9.13. The molecule has 31 heavy (non-hydrogen) atoms. The van der Waals surface area contributed by atoms with Crippen molar-refractivity contribution in [2.45, 2.75) is 26.3 Å². The highest BCUT2D eigenvalue weighted by molar-refractivity contribution is 6.29. The molecule has 0 radical (unpaired) electrons. The van der Waals surface area contributed by atoms with Gasteiger partial charge in [-0.15, -0.1) is 0 Å². The number of fused-ring (bicyclic) bond motifs is 1. The fourth-order valence-corrected chi connectivity index (χ4v) is 3.54. The molecular formula is C23H22ClN7. The van der Waals surface area contributed by atoms with Gasteiger partial charge in [0.05, 0.1) is 17.2 Å². The van der Waals surface area contributed by atoms with E-state index in [1.165, 1.54) is 0 Å². The lowest BCUT2D eigenvalue weighted by atomic mass is 10.0. The Morgan fingerprint density at radius 3 is 2.52 bits per heavy atom. The Labute approximate surface area is 185 Å². The van der Waals surface area contributed by atoms with Gasteiger partial charge in [-0.25, -0.2) is 14.5 Å². The number of aryl methyl sites for hydroxylation is 1. The van der Waals surface area contributed by atoms with E-state index in [4.69, 9.17) is 32.7 Å². The maximum Gasteiger partial charge on any atom is 0.165 e. The zero-order valence-corrected chi connectivity index (χ0v) is 18.3. The van der Waals surface area contributed by atoms with E-state index in [2.05, 4.69) is 16.4 Å². The minimum Gasteiger partial charge on any atom is -0.368 e. The number of nitrogens with one attached hydrogen (secondary N) is 1. The third kappa shape index (κ3) is 4.50. The molecule has 0 atom stereocenters. The van der Waals surface area contributed by atoms with E-state index in [1.54, 1.807) is 16.6 Å². The van der Waals surface area contributed by atoms with Crippen LogP contribution in [0.15, 0.2) is 48.7 Å². The van der Waals surface area contributed by atoms with E-state index in [1.807, 2.05) is 57.3 Å². The van der Waals surface area contributed by atoms with Gasteiger partial charge in [0.25, 0.3) is 0 Å². The molecule has 0 bridgehead atoms. The fourth-order valence-electron chi connectivity index (χ4n) is 3.29. The molecule has 0 fully saturated rings. The van der Waals surface area contributed by atoms with Crippen molar-refractivity contribution < 1.29 is 0 Å². The molecule has 0 aliphatic carbocycles. The number of benzene rings is 1. The standard InChI is InChI=1S/C23H22ClN7/c1-14-10-17(11-18(24)28-14)20-21(16-6-4-15(12-25)5-7-16)30-31-9-8-19(29-22(20)31)27-13-23(2,3)26/h4-11H,13,26H2,1-3H3,(H,27,29). The van der Waals surface area contributed by atoms with E-state index in [0.717, 1.165) is 28.1 Å². The number of hydrogen-bond donors (Lipinski definition) is 2. The highest BCUT2D eigenvalue weighted by Gasteiger charge is 2.20. The van der Waals surface area contributed by atoms with Gasteiger partial charge in [-0.3, -0.25) is 0 Å². The normalized spacial score (nSPS) is 11.5. The van der Waals surface area contributed by atoms with Crippen molar-refractivity contribution in [3.63, 3.8) is 0 Å². The van der Waals surface area contributed by atoms with Crippen LogP contribution < -0.4 is 11.1 Å². The molecule has 3 heterocycles. The molecule has 4 rings (SSSR count). The molecule has 3 N–H and O–H groups in total. The van der Waals surface area contributed by atoms with E-state index >= 15 is 0 Å². The molecule has 0 spiro atoms. The molecule has 3 aromatic heterocycles. The number of aromatic nitrogens is 4. The van der Waals surface area contributed by atoms with Crippen LogP contribution in [0.3, 0.4) is 0 Å². The van der Waals surface area contributed by atoms with Gasteiger partial charge in [0.15, 0.2) is 5.65 Å². The van der Waals surface area contributed by atoms with Gasteiger partial charge >= 0.3 is 0 Å². The zero-order chi connectivity index (χ0) is 22.2. The SMILES string of the molecule is Cc1cc(-c2c(-c3ccc(C#N)cc3)nn3ccc(NCC(C)(C)N)nc23)cc(Cl)n1. The van der Waals surface area contributed by atoms with Crippen LogP contribution >= 0.6 is 11.6 Å². The molecule has 0 aliphatic heterocycles. The number of hydrogen-bond acceptors (Lipinski definition) is 6. The second-order valence-electron chi connectivity index (χ2n) is 8.16. The second kappa shape index (κ2) is 7.99. The summed E-state index contributed by atoms with van der Waals surface area (Å²) in [6, 6.07) is 15.1. The average molecular weight is 432 g/mol. The van der Waals surface area contributed by atoms with Gasteiger partial charge in [0, 0.05) is 29.5 Å². The summed E-state index contributed by atoms with van der Waals surface area (Å²) in [6.45, 7) is 6.37. The number of pyridine rings is 1. The van der Waals surface area contributed by atoms with Crippen LogP contribution in [0.1, 0.15) is 25.1 Å². The number of nitriles is 1. The largest absolute Gasteiger partial charge is 0.368 e. The summed E-state index contributed by atoms with van der Waals surface area (Å²) in [5, 5.41) is 17.6. The summed E-state index contributed by atoms with van der Waals surface area (Å²) in [5.41, 5.74) is 11.1. The van der Waals surface area contributed by atoms with Crippen LogP contribution in [0.25, 0.3) is 28.0 Å². The van der Waals surface area contributed by atoms with E-state index in [0.29, 0.717) is 28.7 Å². The zero-order valence-electron chi connectivity index (χ0n) is 17.5. The van der Waals surface area contributed by atoms with Gasteiger partial charge in [0.1, 0.15) is 16.7 Å². The van der Waals surface area contributed by atoms with Crippen LogP contribution in [0.5, 0.6) is 0 Å². The van der Waals surface area contributed by atoms with Crippen LogP contribution in [0.4, 0.5) is 5.82 Å². The second-order valence-corrected chi connectivity index (χ2v) is 8.54. The summed E-state index contributed by atoms with van der Waals surface area (Å²) < 4.78 is 1.74. The van der Waals surface area contributed by atoms with Crippen molar-refractivity contribution in [3.05, 3.63) is 65.1 Å². The number of nitrogens with zero attached hydrogens (tertiary/aromatic N) is 5. The van der Waals surface area contributed by atoms with Gasteiger partial charge in [-0.2, -0.15) is 10.4 Å². The molecule has 0 saturated heterocycles. The third-order valence-electron chi connectivity index (χ3n) is 4.71. The summed E-state index contributed by atoms with van der Waals surface area (Å²) in [4.78, 5) is 9.09. The molecule has 1 aromatic carbocycles. The molecule has 7 nitrogen and oxygen atoms in total. The van der Waals surface area contributed by atoms with E-state index in [-0.39, 0.29) is 5.54 Å². The van der Waals surface area contributed by atoms with Gasteiger partial charge < -0.3 is 11.1 Å². The predicted molar refractivity (Wildman–Crippen MR) is 123 cm³/mol. The minimum atomic E-state index is -0.375. The van der Waals surface area contributed by atoms with Crippen molar-refractivity contribution in [1.29, 1.82) is 5.26 Å². The number of nitrogens with two attached hydrogens (primary N) is 1. The smallest absolute Gasteiger partial charge is 0.165 e. The Balaban J connectivity index is 1.92. The topological polar surface area (TPSA) is 105 Å². The molecule has 0 aliphatic rings. The summed E-state index contributed by atoms with van der Waals surface area (Å²) in [7, 11) is 0.